The maximum atomic E-state index is 13.4. The van der Waals surface area contributed by atoms with Gasteiger partial charge in [0.25, 0.3) is 5.91 Å². The lowest BCUT2D eigenvalue weighted by Gasteiger charge is -2.24. The van der Waals surface area contributed by atoms with Crippen molar-refractivity contribution in [2.75, 3.05) is 23.4 Å². The van der Waals surface area contributed by atoms with Crippen LogP contribution in [0.1, 0.15) is 30.4 Å². The van der Waals surface area contributed by atoms with Gasteiger partial charge in [-0.25, -0.2) is 0 Å². The van der Waals surface area contributed by atoms with E-state index in [2.05, 4.69) is 11.4 Å². The van der Waals surface area contributed by atoms with E-state index in [1.165, 1.54) is 30.8 Å². The second-order valence-electron chi connectivity index (χ2n) is 8.48. The van der Waals surface area contributed by atoms with E-state index < -0.39 is 5.54 Å². The van der Waals surface area contributed by atoms with E-state index in [1.54, 1.807) is 0 Å². The van der Waals surface area contributed by atoms with Gasteiger partial charge in [-0.3, -0.25) is 4.79 Å². The number of amides is 1. The summed E-state index contributed by atoms with van der Waals surface area (Å²) in [6.07, 6.45) is 6.64. The number of benzene rings is 2. The maximum Gasteiger partial charge on any atom is 0.253 e. The summed E-state index contributed by atoms with van der Waals surface area (Å²) in [6.45, 7) is 1.46. The molecular formula is C24H26N4O2. The summed E-state index contributed by atoms with van der Waals surface area (Å²) in [5, 5.41) is 11.0. The molecule has 2 heterocycles. The number of rotatable bonds is 6. The standard InChI is InChI=1S/C24H26N4O2/c25-13-19(14-26)17-3-6-20(7-4-17)28-10-9-24(23(28)29)12-18-5-8-21(11-22(18)27-24)30-15-16-1-2-16/h3-8,11,13-14,16,25,27H,1-2,9-10,12,15,26H2/b19-14+,25-13?. The first kappa shape index (κ1) is 18.7. The molecule has 1 amide bonds. The summed E-state index contributed by atoms with van der Waals surface area (Å²) < 4.78 is 5.91. The highest BCUT2D eigenvalue weighted by molar-refractivity contribution is 6.09. The zero-order chi connectivity index (χ0) is 20.7. The van der Waals surface area contributed by atoms with Crippen molar-refractivity contribution in [3.8, 4) is 5.75 Å². The molecule has 5 rings (SSSR count). The van der Waals surface area contributed by atoms with E-state index in [-0.39, 0.29) is 5.91 Å². The maximum absolute atomic E-state index is 13.4. The number of ether oxygens (including phenoxy) is 1. The fourth-order valence-electron chi connectivity index (χ4n) is 4.40. The molecule has 2 fully saturated rings. The molecule has 6 nitrogen and oxygen atoms in total. The Kier molecular flexibility index (Phi) is 4.50. The van der Waals surface area contributed by atoms with Crippen molar-refractivity contribution in [2.24, 2.45) is 11.7 Å². The minimum Gasteiger partial charge on any atom is -0.493 e. The van der Waals surface area contributed by atoms with Crippen LogP contribution >= 0.6 is 0 Å². The van der Waals surface area contributed by atoms with Gasteiger partial charge in [0.2, 0.25) is 0 Å². The Labute approximate surface area is 176 Å². The summed E-state index contributed by atoms with van der Waals surface area (Å²) in [5.74, 6) is 1.69. The van der Waals surface area contributed by atoms with Gasteiger partial charge in [0, 0.05) is 48.4 Å². The third-order valence-electron chi connectivity index (χ3n) is 6.39. The number of nitrogens with two attached hydrogens (primary N) is 1. The predicted molar refractivity (Wildman–Crippen MR) is 119 cm³/mol. The first-order valence-corrected chi connectivity index (χ1v) is 10.5. The Bertz CT molecular complexity index is 1030. The largest absolute Gasteiger partial charge is 0.493 e. The molecule has 2 aromatic rings. The molecule has 4 N–H and O–H groups in total. The lowest BCUT2D eigenvalue weighted by Crippen LogP contribution is -2.45. The van der Waals surface area contributed by atoms with Crippen molar-refractivity contribution >= 4 is 29.1 Å². The molecule has 1 saturated heterocycles. The number of hydrogen-bond acceptors (Lipinski definition) is 5. The molecule has 1 spiro atoms. The lowest BCUT2D eigenvalue weighted by molar-refractivity contribution is -0.120. The topological polar surface area (TPSA) is 91.4 Å². The highest BCUT2D eigenvalue weighted by atomic mass is 16.5. The number of carbonyl (C=O) groups excluding carboxylic acids is 1. The summed E-state index contributed by atoms with van der Waals surface area (Å²) in [5.41, 5.74) is 9.56. The van der Waals surface area contributed by atoms with Crippen LogP contribution in [0, 0.1) is 11.3 Å². The molecule has 30 heavy (non-hydrogen) atoms. The Morgan fingerprint density at radius 3 is 2.77 bits per heavy atom. The van der Waals surface area contributed by atoms with Crippen LogP contribution in [0.4, 0.5) is 11.4 Å². The molecule has 2 aliphatic heterocycles. The van der Waals surface area contributed by atoms with Crippen LogP contribution in [0.2, 0.25) is 0 Å². The van der Waals surface area contributed by atoms with E-state index in [1.807, 2.05) is 41.3 Å². The number of anilines is 2. The Balaban J connectivity index is 1.32. The van der Waals surface area contributed by atoms with Gasteiger partial charge in [0.1, 0.15) is 11.3 Å². The molecule has 2 aromatic carbocycles. The third-order valence-corrected chi connectivity index (χ3v) is 6.39. The molecule has 1 aliphatic carbocycles. The van der Waals surface area contributed by atoms with Crippen molar-refractivity contribution in [2.45, 2.75) is 31.2 Å². The number of nitrogens with one attached hydrogen (secondary N) is 2. The normalized spacial score (nSPS) is 22.9. The predicted octanol–water partition coefficient (Wildman–Crippen LogP) is 3.57. The van der Waals surface area contributed by atoms with E-state index in [0.717, 1.165) is 35.7 Å². The molecule has 0 aromatic heterocycles. The minimum absolute atomic E-state index is 0.105. The monoisotopic (exact) mass is 402 g/mol. The van der Waals surface area contributed by atoms with E-state index in [0.29, 0.717) is 24.5 Å². The average Bonchev–Trinajstić information content (AvgIpc) is 3.45. The summed E-state index contributed by atoms with van der Waals surface area (Å²) in [7, 11) is 0. The molecule has 6 heteroatoms. The van der Waals surface area contributed by atoms with E-state index >= 15 is 0 Å². The number of nitrogens with zero attached hydrogens (tertiary/aromatic N) is 1. The number of allylic oxidation sites excluding steroid dienone is 1. The average molecular weight is 402 g/mol. The van der Waals surface area contributed by atoms with Gasteiger partial charge in [-0.1, -0.05) is 18.2 Å². The smallest absolute Gasteiger partial charge is 0.253 e. The van der Waals surface area contributed by atoms with Gasteiger partial charge in [-0.05, 0) is 54.5 Å². The van der Waals surface area contributed by atoms with Crippen LogP contribution in [0.3, 0.4) is 0 Å². The van der Waals surface area contributed by atoms with E-state index in [9.17, 15) is 4.79 Å². The number of carbonyl (C=O) groups is 1. The zero-order valence-corrected chi connectivity index (χ0v) is 16.9. The van der Waals surface area contributed by atoms with Gasteiger partial charge in [-0.15, -0.1) is 0 Å². The van der Waals surface area contributed by atoms with Crippen LogP contribution in [-0.2, 0) is 11.2 Å². The molecule has 0 bridgehead atoms. The van der Waals surface area contributed by atoms with Gasteiger partial charge in [-0.2, -0.15) is 0 Å². The van der Waals surface area contributed by atoms with Gasteiger partial charge >= 0.3 is 0 Å². The van der Waals surface area contributed by atoms with Gasteiger partial charge in [0.15, 0.2) is 0 Å². The Morgan fingerprint density at radius 1 is 1.27 bits per heavy atom. The van der Waals surface area contributed by atoms with Crippen molar-refractivity contribution in [3.05, 3.63) is 59.8 Å². The van der Waals surface area contributed by atoms with Gasteiger partial charge < -0.3 is 26.1 Å². The third kappa shape index (κ3) is 3.22. The summed E-state index contributed by atoms with van der Waals surface area (Å²) in [4.78, 5) is 15.3. The molecule has 3 aliphatic rings. The quantitative estimate of drug-likeness (QED) is 0.644. The molecule has 1 atom stereocenters. The Morgan fingerprint density at radius 2 is 2.07 bits per heavy atom. The lowest BCUT2D eigenvalue weighted by atomic mass is 9.93. The molecular weight excluding hydrogens is 376 g/mol. The molecule has 1 unspecified atom stereocenters. The van der Waals surface area contributed by atoms with Crippen molar-refractivity contribution in [3.63, 3.8) is 0 Å². The fraction of sp³-hybridized carbons (Fsp3) is 0.333. The molecule has 0 radical (unpaired) electrons. The first-order chi connectivity index (χ1) is 14.6. The van der Waals surface area contributed by atoms with Gasteiger partial charge in [0.05, 0.1) is 6.61 Å². The summed E-state index contributed by atoms with van der Waals surface area (Å²) >= 11 is 0. The summed E-state index contributed by atoms with van der Waals surface area (Å²) in [6, 6.07) is 13.8. The molecule has 154 valence electrons. The van der Waals surface area contributed by atoms with E-state index in [4.69, 9.17) is 15.9 Å². The highest BCUT2D eigenvalue weighted by Gasteiger charge is 2.50. The van der Waals surface area contributed by atoms with Crippen LogP contribution in [0.5, 0.6) is 5.75 Å². The number of hydrogen-bond donors (Lipinski definition) is 3. The molecule has 1 saturated carbocycles. The second kappa shape index (κ2) is 7.20. The van der Waals surface area contributed by atoms with Crippen LogP contribution in [-0.4, -0.2) is 30.8 Å². The minimum atomic E-state index is -0.576. The van der Waals surface area contributed by atoms with Crippen LogP contribution in [0.25, 0.3) is 5.57 Å². The second-order valence-corrected chi connectivity index (χ2v) is 8.48. The number of fused-ring (bicyclic) bond motifs is 1. The Hall–Kier alpha value is -3.28. The highest BCUT2D eigenvalue weighted by Crippen LogP contribution is 2.42. The fourth-order valence-corrected chi connectivity index (χ4v) is 4.40. The SMILES string of the molecule is N=C/C(=C\N)c1ccc(N2CCC3(Cc4ccc(OCC5CC5)cc4N3)C2=O)cc1. The van der Waals surface area contributed by atoms with Crippen molar-refractivity contribution in [1.82, 2.24) is 0 Å². The van der Waals surface area contributed by atoms with Crippen molar-refractivity contribution < 1.29 is 9.53 Å². The van der Waals surface area contributed by atoms with Crippen LogP contribution in [0.15, 0.2) is 48.7 Å². The van der Waals surface area contributed by atoms with Crippen molar-refractivity contribution in [1.29, 1.82) is 5.41 Å². The first-order valence-electron chi connectivity index (χ1n) is 10.5. The zero-order valence-electron chi connectivity index (χ0n) is 16.9. The van der Waals surface area contributed by atoms with Crippen LogP contribution < -0.4 is 20.7 Å².